The third-order valence-corrected chi connectivity index (χ3v) is 2.62. The highest BCUT2D eigenvalue weighted by molar-refractivity contribution is 9.09. The van der Waals surface area contributed by atoms with E-state index < -0.39 is 0 Å². The lowest BCUT2D eigenvalue weighted by atomic mass is 10.0. The highest BCUT2D eigenvalue weighted by Crippen LogP contribution is 2.13. The van der Waals surface area contributed by atoms with Crippen LogP contribution in [-0.2, 0) is 4.74 Å². The zero-order valence-corrected chi connectivity index (χ0v) is 10.1. The van der Waals surface area contributed by atoms with Gasteiger partial charge >= 0.3 is 0 Å². The molecule has 0 aliphatic rings. The van der Waals surface area contributed by atoms with Gasteiger partial charge in [-0.1, -0.05) is 49.0 Å². The maximum absolute atomic E-state index is 5.03. The molecule has 1 atom stereocenters. The Labute approximate surface area is 85.0 Å². The Balaban J connectivity index is 3.08. The first-order chi connectivity index (χ1) is 5.66. The van der Waals surface area contributed by atoms with Crippen molar-refractivity contribution in [2.75, 3.05) is 13.7 Å². The Morgan fingerprint density at radius 1 is 1.17 bits per heavy atom. The van der Waals surface area contributed by atoms with Gasteiger partial charge in [-0.15, -0.1) is 0 Å². The predicted octanol–water partition coefficient (Wildman–Crippen LogP) is 3.61. The third-order valence-electron chi connectivity index (χ3n) is 1.90. The molecule has 0 saturated carbocycles. The molecular weight excluding hydrogens is 216 g/mol. The van der Waals surface area contributed by atoms with Crippen molar-refractivity contribution in [1.29, 1.82) is 0 Å². The Hall–Kier alpha value is 0.440. The molecule has 0 spiro atoms. The quantitative estimate of drug-likeness (QED) is 0.485. The molecule has 12 heavy (non-hydrogen) atoms. The summed E-state index contributed by atoms with van der Waals surface area (Å²) in [6.45, 7) is 5.39. The van der Waals surface area contributed by atoms with E-state index in [4.69, 9.17) is 4.74 Å². The fraction of sp³-hybridized carbons (Fsp3) is 1.00. The van der Waals surface area contributed by atoms with Crippen molar-refractivity contribution in [3.63, 3.8) is 0 Å². The van der Waals surface area contributed by atoms with Gasteiger partial charge in [-0.05, 0) is 12.3 Å². The average molecular weight is 237 g/mol. The van der Waals surface area contributed by atoms with E-state index in [0.29, 0.717) is 4.83 Å². The molecule has 1 nitrogen and oxygen atoms in total. The van der Waals surface area contributed by atoms with Crippen LogP contribution in [0.1, 0.15) is 39.5 Å². The molecular formula is C10H21BrO. The van der Waals surface area contributed by atoms with Gasteiger partial charge in [0.15, 0.2) is 0 Å². The van der Waals surface area contributed by atoms with E-state index >= 15 is 0 Å². The number of alkyl halides is 1. The van der Waals surface area contributed by atoms with Crippen molar-refractivity contribution >= 4 is 15.9 Å². The predicted molar refractivity (Wildman–Crippen MR) is 57.9 cm³/mol. The monoisotopic (exact) mass is 236 g/mol. The molecule has 0 rings (SSSR count). The summed E-state index contributed by atoms with van der Waals surface area (Å²) in [5.41, 5.74) is 0. The minimum Gasteiger partial charge on any atom is -0.384 e. The SMILES string of the molecule is COCC(Br)CCCCC(C)C. The summed E-state index contributed by atoms with van der Waals surface area (Å²) < 4.78 is 5.03. The van der Waals surface area contributed by atoms with Crippen LogP contribution in [-0.4, -0.2) is 18.5 Å². The highest BCUT2D eigenvalue weighted by atomic mass is 79.9. The maximum Gasteiger partial charge on any atom is 0.0587 e. The normalized spacial score (nSPS) is 13.8. The summed E-state index contributed by atoms with van der Waals surface area (Å²) in [6, 6.07) is 0. The van der Waals surface area contributed by atoms with Crippen LogP contribution in [0, 0.1) is 5.92 Å². The van der Waals surface area contributed by atoms with Crippen LogP contribution in [0.3, 0.4) is 0 Å². The van der Waals surface area contributed by atoms with E-state index in [0.717, 1.165) is 12.5 Å². The van der Waals surface area contributed by atoms with Crippen molar-refractivity contribution < 1.29 is 4.74 Å². The van der Waals surface area contributed by atoms with E-state index in [1.807, 2.05) is 0 Å². The molecule has 0 amide bonds. The summed E-state index contributed by atoms with van der Waals surface area (Å²) >= 11 is 3.58. The summed E-state index contributed by atoms with van der Waals surface area (Å²) in [4.78, 5) is 0.551. The number of halogens is 1. The molecule has 0 saturated heterocycles. The lowest BCUT2D eigenvalue weighted by Crippen LogP contribution is -2.06. The second kappa shape index (κ2) is 8.06. The van der Waals surface area contributed by atoms with Crippen molar-refractivity contribution in [2.45, 2.75) is 44.4 Å². The number of unbranched alkanes of at least 4 members (excludes halogenated alkanes) is 1. The molecule has 0 bridgehead atoms. The molecule has 0 heterocycles. The zero-order chi connectivity index (χ0) is 9.40. The Bertz CT molecular complexity index is 93.8. The Morgan fingerprint density at radius 2 is 1.75 bits per heavy atom. The number of hydrogen-bond acceptors (Lipinski definition) is 1. The van der Waals surface area contributed by atoms with Crippen molar-refractivity contribution in [3.8, 4) is 0 Å². The average Bonchev–Trinajstić information content (AvgIpc) is 1.98. The molecule has 0 N–H and O–H groups in total. The molecule has 0 aromatic carbocycles. The number of ether oxygens (including phenoxy) is 1. The first-order valence-corrected chi connectivity index (χ1v) is 5.71. The minimum absolute atomic E-state index is 0.551. The number of rotatable bonds is 7. The largest absolute Gasteiger partial charge is 0.384 e. The van der Waals surface area contributed by atoms with Gasteiger partial charge in [0.05, 0.1) is 6.61 Å². The summed E-state index contributed by atoms with van der Waals surface area (Å²) in [7, 11) is 1.75. The molecule has 74 valence electrons. The van der Waals surface area contributed by atoms with Crippen LogP contribution in [0.25, 0.3) is 0 Å². The van der Waals surface area contributed by atoms with Gasteiger partial charge in [-0.3, -0.25) is 0 Å². The molecule has 0 aromatic heterocycles. The van der Waals surface area contributed by atoms with Crippen molar-refractivity contribution in [3.05, 3.63) is 0 Å². The fourth-order valence-electron chi connectivity index (χ4n) is 1.18. The van der Waals surface area contributed by atoms with Crippen molar-refractivity contribution in [2.24, 2.45) is 5.92 Å². The first kappa shape index (κ1) is 12.4. The smallest absolute Gasteiger partial charge is 0.0587 e. The van der Waals surface area contributed by atoms with Crippen LogP contribution >= 0.6 is 15.9 Å². The van der Waals surface area contributed by atoms with Crippen LogP contribution in [0.5, 0.6) is 0 Å². The standard InChI is InChI=1S/C10H21BrO/c1-9(2)6-4-5-7-10(11)8-12-3/h9-10H,4-8H2,1-3H3. The molecule has 2 heteroatoms. The van der Waals surface area contributed by atoms with Crippen LogP contribution in [0.2, 0.25) is 0 Å². The van der Waals surface area contributed by atoms with E-state index in [2.05, 4.69) is 29.8 Å². The zero-order valence-electron chi connectivity index (χ0n) is 8.48. The maximum atomic E-state index is 5.03. The van der Waals surface area contributed by atoms with Gasteiger partial charge in [-0.2, -0.15) is 0 Å². The third kappa shape index (κ3) is 8.54. The molecule has 1 unspecified atom stereocenters. The molecule has 0 aliphatic carbocycles. The lowest BCUT2D eigenvalue weighted by Gasteiger charge is -2.08. The molecule has 0 fully saturated rings. The first-order valence-electron chi connectivity index (χ1n) is 4.79. The van der Waals surface area contributed by atoms with Gasteiger partial charge in [0, 0.05) is 11.9 Å². The highest BCUT2D eigenvalue weighted by Gasteiger charge is 2.02. The van der Waals surface area contributed by atoms with Gasteiger partial charge in [-0.25, -0.2) is 0 Å². The van der Waals surface area contributed by atoms with Gasteiger partial charge < -0.3 is 4.74 Å². The summed E-state index contributed by atoms with van der Waals surface area (Å²) in [5, 5.41) is 0. The Morgan fingerprint density at radius 3 is 2.25 bits per heavy atom. The van der Waals surface area contributed by atoms with Crippen molar-refractivity contribution in [1.82, 2.24) is 0 Å². The lowest BCUT2D eigenvalue weighted by molar-refractivity contribution is 0.197. The van der Waals surface area contributed by atoms with Gasteiger partial charge in [0.25, 0.3) is 0 Å². The number of methoxy groups -OCH3 is 1. The minimum atomic E-state index is 0.551. The van der Waals surface area contributed by atoms with Crippen LogP contribution < -0.4 is 0 Å². The topological polar surface area (TPSA) is 9.23 Å². The number of hydrogen-bond donors (Lipinski definition) is 0. The van der Waals surface area contributed by atoms with E-state index in [9.17, 15) is 0 Å². The van der Waals surface area contributed by atoms with Crippen LogP contribution in [0.15, 0.2) is 0 Å². The second-order valence-corrected chi connectivity index (χ2v) is 5.03. The Kier molecular flexibility index (Phi) is 8.35. The molecule has 0 radical (unpaired) electrons. The fourth-order valence-corrected chi connectivity index (χ4v) is 1.77. The summed E-state index contributed by atoms with van der Waals surface area (Å²) in [5.74, 6) is 0.848. The van der Waals surface area contributed by atoms with Crippen LogP contribution in [0.4, 0.5) is 0 Å². The van der Waals surface area contributed by atoms with E-state index in [-0.39, 0.29) is 0 Å². The molecule has 0 aliphatic heterocycles. The summed E-state index contributed by atoms with van der Waals surface area (Å²) in [6.07, 6.45) is 5.26. The second-order valence-electron chi connectivity index (χ2n) is 3.73. The molecule has 0 aromatic rings. The van der Waals surface area contributed by atoms with E-state index in [1.165, 1.54) is 25.7 Å². The van der Waals surface area contributed by atoms with E-state index in [1.54, 1.807) is 7.11 Å². The van der Waals surface area contributed by atoms with Gasteiger partial charge in [0.2, 0.25) is 0 Å². The van der Waals surface area contributed by atoms with Gasteiger partial charge in [0.1, 0.15) is 0 Å².